The average molecular weight is 298 g/mol. The van der Waals surface area contributed by atoms with Crippen LogP contribution in [0.15, 0.2) is 53.4 Å². The fourth-order valence-corrected chi connectivity index (χ4v) is 2.30. The molecule has 0 saturated heterocycles. The van der Waals surface area contributed by atoms with E-state index in [2.05, 4.69) is 4.72 Å². The van der Waals surface area contributed by atoms with Gasteiger partial charge in [-0.15, -0.1) is 0 Å². The van der Waals surface area contributed by atoms with Gasteiger partial charge >= 0.3 is 0 Å². The normalized spacial score (nSPS) is 11.3. The minimum atomic E-state index is -3.42. The number of nitrogens with one attached hydrogen (secondary N) is 1. The molecule has 6 heteroatoms. The van der Waals surface area contributed by atoms with Gasteiger partial charge in [0.1, 0.15) is 11.5 Å². The van der Waals surface area contributed by atoms with E-state index in [4.69, 9.17) is 16.3 Å². The highest BCUT2D eigenvalue weighted by Crippen LogP contribution is 2.24. The van der Waals surface area contributed by atoms with Gasteiger partial charge in [0.25, 0.3) is 0 Å². The number of halogens is 1. The fourth-order valence-electron chi connectivity index (χ4n) is 1.44. The Morgan fingerprint density at radius 2 is 1.42 bits per heavy atom. The molecule has 100 valence electrons. The van der Waals surface area contributed by atoms with Crippen LogP contribution in [-0.4, -0.2) is 15.5 Å². The summed E-state index contributed by atoms with van der Waals surface area (Å²) in [6.07, 6.45) is 0. The van der Waals surface area contributed by atoms with E-state index in [1.807, 2.05) is 0 Å². The number of ether oxygens (including phenoxy) is 1. The predicted molar refractivity (Wildman–Crippen MR) is 74.2 cm³/mol. The van der Waals surface area contributed by atoms with Crippen LogP contribution in [0.4, 0.5) is 0 Å². The summed E-state index contributed by atoms with van der Waals surface area (Å²) < 4.78 is 30.9. The molecular weight excluding hydrogens is 286 g/mol. The Balaban J connectivity index is 2.17. The first-order valence-electron chi connectivity index (χ1n) is 5.48. The first kappa shape index (κ1) is 13.9. The van der Waals surface area contributed by atoms with Crippen LogP contribution in [0.3, 0.4) is 0 Å². The van der Waals surface area contributed by atoms with Gasteiger partial charge in [-0.1, -0.05) is 11.6 Å². The highest BCUT2D eigenvalue weighted by atomic mass is 35.5. The SMILES string of the molecule is CNS(=O)(=O)c1ccc(Oc2ccc(Cl)cc2)cc1. The van der Waals surface area contributed by atoms with Crippen LogP contribution in [0.25, 0.3) is 0 Å². The van der Waals surface area contributed by atoms with Crippen LogP contribution in [-0.2, 0) is 10.0 Å². The Kier molecular flexibility index (Phi) is 4.09. The van der Waals surface area contributed by atoms with Crippen molar-refractivity contribution in [1.29, 1.82) is 0 Å². The van der Waals surface area contributed by atoms with Crippen LogP contribution in [0.2, 0.25) is 5.02 Å². The van der Waals surface area contributed by atoms with Crippen molar-refractivity contribution < 1.29 is 13.2 Å². The molecule has 0 radical (unpaired) electrons. The zero-order valence-corrected chi connectivity index (χ0v) is 11.7. The van der Waals surface area contributed by atoms with Gasteiger partial charge in [-0.05, 0) is 55.6 Å². The molecule has 1 N–H and O–H groups in total. The Morgan fingerprint density at radius 1 is 0.947 bits per heavy atom. The van der Waals surface area contributed by atoms with Crippen LogP contribution in [0.5, 0.6) is 11.5 Å². The third-order valence-corrected chi connectivity index (χ3v) is 4.13. The summed E-state index contributed by atoms with van der Waals surface area (Å²) in [6.45, 7) is 0. The first-order chi connectivity index (χ1) is 9.01. The van der Waals surface area contributed by atoms with Gasteiger partial charge in [0.15, 0.2) is 0 Å². The quantitative estimate of drug-likeness (QED) is 0.943. The summed E-state index contributed by atoms with van der Waals surface area (Å²) in [6, 6.07) is 13.1. The van der Waals surface area contributed by atoms with E-state index in [0.29, 0.717) is 16.5 Å². The van der Waals surface area contributed by atoms with Crippen molar-refractivity contribution in [2.75, 3.05) is 7.05 Å². The summed E-state index contributed by atoms with van der Waals surface area (Å²) in [5, 5.41) is 0.628. The van der Waals surface area contributed by atoms with Gasteiger partial charge in [-0.2, -0.15) is 0 Å². The van der Waals surface area contributed by atoms with E-state index in [9.17, 15) is 8.42 Å². The molecule has 19 heavy (non-hydrogen) atoms. The standard InChI is InChI=1S/C13H12ClNO3S/c1-15-19(16,17)13-8-6-12(7-9-13)18-11-4-2-10(14)3-5-11/h2-9,15H,1H3. The molecule has 0 saturated carbocycles. The lowest BCUT2D eigenvalue weighted by atomic mass is 10.3. The maximum Gasteiger partial charge on any atom is 0.240 e. The van der Waals surface area contributed by atoms with Crippen LogP contribution >= 0.6 is 11.6 Å². The monoisotopic (exact) mass is 297 g/mol. The van der Waals surface area contributed by atoms with E-state index in [1.54, 1.807) is 36.4 Å². The van der Waals surface area contributed by atoms with Gasteiger partial charge in [0.05, 0.1) is 4.90 Å². The second-order valence-electron chi connectivity index (χ2n) is 3.73. The molecule has 0 aromatic heterocycles. The van der Waals surface area contributed by atoms with E-state index >= 15 is 0 Å². The molecule has 0 aliphatic rings. The molecule has 0 fully saturated rings. The second-order valence-corrected chi connectivity index (χ2v) is 6.06. The van der Waals surface area contributed by atoms with Gasteiger partial charge < -0.3 is 4.74 Å². The van der Waals surface area contributed by atoms with Gasteiger partial charge in [0, 0.05) is 5.02 Å². The molecule has 4 nitrogen and oxygen atoms in total. The summed E-state index contributed by atoms with van der Waals surface area (Å²) in [7, 11) is -2.05. The van der Waals surface area contributed by atoms with E-state index in [-0.39, 0.29) is 4.90 Å². The number of sulfonamides is 1. The molecule has 2 aromatic carbocycles. The summed E-state index contributed by atoms with van der Waals surface area (Å²) in [4.78, 5) is 0.193. The van der Waals surface area contributed by atoms with Crippen LogP contribution < -0.4 is 9.46 Å². The molecule has 0 bridgehead atoms. The van der Waals surface area contributed by atoms with Crippen molar-refractivity contribution >= 4 is 21.6 Å². The van der Waals surface area contributed by atoms with Crippen molar-refractivity contribution in [1.82, 2.24) is 4.72 Å². The Bertz CT molecular complexity index is 651. The summed E-state index contributed by atoms with van der Waals surface area (Å²) >= 11 is 5.77. The highest BCUT2D eigenvalue weighted by molar-refractivity contribution is 7.89. The van der Waals surface area contributed by atoms with E-state index < -0.39 is 10.0 Å². The van der Waals surface area contributed by atoms with Crippen LogP contribution in [0.1, 0.15) is 0 Å². The topological polar surface area (TPSA) is 55.4 Å². The van der Waals surface area contributed by atoms with Crippen molar-refractivity contribution in [2.24, 2.45) is 0 Å². The van der Waals surface area contributed by atoms with Gasteiger partial charge in [-0.25, -0.2) is 13.1 Å². The van der Waals surface area contributed by atoms with Crippen molar-refractivity contribution in [3.05, 3.63) is 53.6 Å². The lowest BCUT2D eigenvalue weighted by Gasteiger charge is -2.07. The van der Waals surface area contributed by atoms with Gasteiger partial charge in [0.2, 0.25) is 10.0 Å². The Morgan fingerprint density at radius 3 is 1.89 bits per heavy atom. The zero-order valence-electron chi connectivity index (χ0n) is 10.1. The van der Waals surface area contributed by atoms with Crippen molar-refractivity contribution in [2.45, 2.75) is 4.90 Å². The van der Waals surface area contributed by atoms with Crippen LogP contribution in [0, 0.1) is 0 Å². The maximum atomic E-state index is 11.5. The van der Waals surface area contributed by atoms with Gasteiger partial charge in [-0.3, -0.25) is 0 Å². The smallest absolute Gasteiger partial charge is 0.240 e. The molecule has 0 spiro atoms. The third kappa shape index (κ3) is 3.47. The molecular formula is C13H12ClNO3S. The Labute approximate surface area is 117 Å². The predicted octanol–water partition coefficient (Wildman–Crippen LogP) is 3.04. The number of rotatable bonds is 4. The molecule has 0 atom stereocenters. The summed E-state index contributed by atoms with van der Waals surface area (Å²) in [5.41, 5.74) is 0. The molecule has 0 aliphatic heterocycles. The average Bonchev–Trinajstić information content (AvgIpc) is 2.42. The molecule has 2 aromatic rings. The number of hydrogen-bond acceptors (Lipinski definition) is 3. The lowest BCUT2D eigenvalue weighted by molar-refractivity contribution is 0.482. The largest absolute Gasteiger partial charge is 0.457 e. The fraction of sp³-hybridized carbons (Fsp3) is 0.0769. The minimum absolute atomic E-state index is 0.193. The minimum Gasteiger partial charge on any atom is -0.457 e. The summed E-state index contributed by atoms with van der Waals surface area (Å²) in [5.74, 6) is 1.19. The molecule has 0 heterocycles. The molecule has 0 unspecified atom stereocenters. The molecule has 0 amide bonds. The van der Waals surface area contributed by atoms with E-state index in [1.165, 1.54) is 19.2 Å². The number of benzene rings is 2. The molecule has 0 aliphatic carbocycles. The second kappa shape index (κ2) is 5.61. The van der Waals surface area contributed by atoms with Crippen molar-refractivity contribution in [3.63, 3.8) is 0 Å². The van der Waals surface area contributed by atoms with Crippen molar-refractivity contribution in [3.8, 4) is 11.5 Å². The highest BCUT2D eigenvalue weighted by Gasteiger charge is 2.10. The third-order valence-electron chi connectivity index (χ3n) is 2.45. The maximum absolute atomic E-state index is 11.5. The zero-order chi connectivity index (χ0) is 13.9. The lowest BCUT2D eigenvalue weighted by Crippen LogP contribution is -2.18. The first-order valence-corrected chi connectivity index (χ1v) is 7.34. The number of hydrogen-bond donors (Lipinski definition) is 1. The molecule has 2 rings (SSSR count). The van der Waals surface area contributed by atoms with E-state index in [0.717, 1.165) is 0 Å². The Hall–Kier alpha value is -1.56.